The maximum absolute atomic E-state index is 8.16. The molecule has 0 saturated heterocycles. The van der Waals surface area contributed by atoms with Crippen LogP contribution in [0, 0.1) is 0 Å². The Kier molecular flexibility index (Phi) is 3.82. The summed E-state index contributed by atoms with van der Waals surface area (Å²) in [6.45, 7) is 0.0243. The maximum atomic E-state index is 8.16. The first-order valence-electron chi connectivity index (χ1n) is 1.59. The number of hydrogen-bond acceptors (Lipinski definition) is 2. The Hall–Kier alpha value is 0.400. The van der Waals surface area contributed by atoms with Crippen LogP contribution in [0.3, 0.4) is 0 Å². The van der Waals surface area contributed by atoms with E-state index in [2.05, 4.69) is 20.7 Å². The summed E-state index contributed by atoms with van der Waals surface area (Å²) in [5, 5.41) is 7.97. The van der Waals surface area contributed by atoms with Crippen molar-refractivity contribution in [2.24, 2.45) is 0 Å². The molecule has 0 aliphatic carbocycles. The molecule has 0 saturated carbocycles. The number of halogens is 1. The third-order valence-electron chi connectivity index (χ3n) is 0.399. The van der Waals surface area contributed by atoms with Gasteiger partial charge in [-0.05, 0) is 0 Å². The Labute approximate surface area is 45.2 Å². The molecule has 0 aliphatic heterocycles. The average molecular weight is 155 g/mol. The Morgan fingerprint density at radius 1 is 2.00 bits per heavy atom. The maximum Gasteiger partial charge on any atom is 0.135 e. The van der Waals surface area contributed by atoms with E-state index in [-0.39, 0.29) is 11.6 Å². The van der Waals surface area contributed by atoms with Crippen LogP contribution >= 0.6 is 15.9 Å². The van der Waals surface area contributed by atoms with Crippen LogP contribution in [-0.2, 0) is 4.74 Å². The van der Waals surface area contributed by atoms with Gasteiger partial charge in [-0.1, -0.05) is 15.9 Å². The Balaban J connectivity index is 2.75. The number of methoxy groups -OCH3 is 1. The zero-order valence-electron chi connectivity index (χ0n) is 3.52. The predicted molar refractivity (Wildman–Crippen MR) is 26.8 cm³/mol. The summed E-state index contributed by atoms with van der Waals surface area (Å²) in [5.74, 6) is 0. The Morgan fingerprint density at radius 2 is 2.50 bits per heavy atom. The van der Waals surface area contributed by atoms with Crippen molar-refractivity contribution >= 4 is 15.9 Å². The average Bonchev–Trinajstić information content (AvgIpc) is 1.65. The second kappa shape index (κ2) is 3.59. The van der Waals surface area contributed by atoms with Gasteiger partial charge in [-0.25, -0.2) is 0 Å². The van der Waals surface area contributed by atoms with E-state index >= 15 is 0 Å². The highest BCUT2D eigenvalue weighted by Crippen LogP contribution is 1.94. The molecule has 0 radical (unpaired) electrons. The van der Waals surface area contributed by atoms with Gasteiger partial charge < -0.3 is 9.84 Å². The smallest absolute Gasteiger partial charge is 0.135 e. The zero-order valence-corrected chi connectivity index (χ0v) is 5.10. The first-order valence-corrected chi connectivity index (χ1v) is 2.50. The van der Waals surface area contributed by atoms with Gasteiger partial charge in [0, 0.05) is 7.11 Å². The van der Waals surface area contributed by atoms with Crippen LogP contribution in [0.1, 0.15) is 0 Å². The van der Waals surface area contributed by atoms with Gasteiger partial charge in [-0.3, -0.25) is 0 Å². The highest BCUT2D eigenvalue weighted by molar-refractivity contribution is 9.09. The number of hydrogen-bond donors (Lipinski definition) is 1. The second-order valence-corrected chi connectivity index (χ2v) is 1.85. The fraction of sp³-hybridized carbons (Fsp3) is 1.00. The highest BCUT2D eigenvalue weighted by Gasteiger charge is 1.92. The minimum atomic E-state index is -0.197. The second-order valence-electron chi connectivity index (χ2n) is 0.828. The van der Waals surface area contributed by atoms with Gasteiger partial charge >= 0.3 is 0 Å². The first kappa shape index (κ1) is 6.40. The van der Waals surface area contributed by atoms with Crippen LogP contribution < -0.4 is 0 Å². The van der Waals surface area contributed by atoms with Crippen molar-refractivity contribution in [2.75, 3.05) is 13.7 Å². The molecule has 38 valence electrons. The largest absolute Gasteiger partial charge is 0.393 e. The molecule has 1 unspecified atom stereocenters. The lowest BCUT2D eigenvalue weighted by atomic mass is 10.8. The summed E-state index contributed by atoms with van der Waals surface area (Å²) in [6.07, 6.45) is 0. The quantitative estimate of drug-likeness (QED) is 0.583. The van der Waals surface area contributed by atoms with Crippen molar-refractivity contribution in [2.45, 2.75) is 5.01 Å². The van der Waals surface area contributed by atoms with Gasteiger partial charge in [0.2, 0.25) is 0 Å². The molecule has 2 nitrogen and oxygen atoms in total. The SMILES string of the molecule is COC(Br)CO. The molecule has 0 amide bonds. The van der Waals surface area contributed by atoms with E-state index in [0.29, 0.717) is 0 Å². The molecule has 0 aromatic heterocycles. The van der Waals surface area contributed by atoms with E-state index in [1.165, 1.54) is 7.11 Å². The molecular weight excluding hydrogens is 148 g/mol. The topological polar surface area (TPSA) is 29.5 Å². The van der Waals surface area contributed by atoms with Gasteiger partial charge in [-0.2, -0.15) is 0 Å². The van der Waals surface area contributed by atoms with Crippen molar-refractivity contribution < 1.29 is 9.84 Å². The van der Waals surface area contributed by atoms with Crippen LogP contribution in [0.25, 0.3) is 0 Å². The normalized spacial score (nSPS) is 14.5. The van der Waals surface area contributed by atoms with Crippen LogP contribution in [0.5, 0.6) is 0 Å². The van der Waals surface area contributed by atoms with Crippen molar-refractivity contribution in [3.63, 3.8) is 0 Å². The van der Waals surface area contributed by atoms with E-state index in [4.69, 9.17) is 5.11 Å². The minimum Gasteiger partial charge on any atom is -0.393 e. The molecule has 1 atom stereocenters. The third-order valence-corrected chi connectivity index (χ3v) is 1.06. The number of rotatable bonds is 2. The number of alkyl halides is 1. The van der Waals surface area contributed by atoms with Gasteiger partial charge in [0.05, 0.1) is 6.61 Å². The molecule has 0 fully saturated rings. The van der Waals surface area contributed by atoms with Crippen molar-refractivity contribution in [3.8, 4) is 0 Å². The summed E-state index contributed by atoms with van der Waals surface area (Å²) in [4.78, 5) is 0. The zero-order chi connectivity index (χ0) is 4.99. The molecule has 0 spiro atoms. The molecule has 0 aliphatic rings. The summed E-state index contributed by atoms with van der Waals surface area (Å²) in [7, 11) is 1.52. The van der Waals surface area contributed by atoms with Crippen LogP contribution in [-0.4, -0.2) is 23.8 Å². The van der Waals surface area contributed by atoms with Gasteiger partial charge in [0.1, 0.15) is 5.01 Å². The summed E-state index contributed by atoms with van der Waals surface area (Å²) >= 11 is 3.00. The molecule has 3 heteroatoms. The van der Waals surface area contributed by atoms with Crippen LogP contribution in [0.15, 0.2) is 0 Å². The fourth-order valence-corrected chi connectivity index (χ4v) is 0.0745. The summed E-state index contributed by atoms with van der Waals surface area (Å²) in [5.41, 5.74) is 0. The lowest BCUT2D eigenvalue weighted by Crippen LogP contribution is -2.04. The van der Waals surface area contributed by atoms with Crippen LogP contribution in [0.4, 0.5) is 0 Å². The number of ether oxygens (including phenoxy) is 1. The summed E-state index contributed by atoms with van der Waals surface area (Å²) < 4.78 is 4.57. The number of aliphatic hydroxyl groups excluding tert-OH is 1. The Bertz CT molecular complexity index is 28.0. The molecule has 0 bridgehead atoms. The van der Waals surface area contributed by atoms with Gasteiger partial charge in [0.25, 0.3) is 0 Å². The van der Waals surface area contributed by atoms with E-state index in [1.54, 1.807) is 0 Å². The predicted octanol–water partition coefficient (Wildman–Crippen LogP) is 0.346. The lowest BCUT2D eigenvalue weighted by molar-refractivity contribution is 0.115. The monoisotopic (exact) mass is 154 g/mol. The number of aliphatic hydroxyl groups is 1. The van der Waals surface area contributed by atoms with Gasteiger partial charge in [0.15, 0.2) is 0 Å². The standard InChI is InChI=1S/C3H7BrO2/c1-6-3(4)2-5/h3,5H,2H2,1H3. The first-order chi connectivity index (χ1) is 2.81. The lowest BCUT2D eigenvalue weighted by Gasteiger charge is -1.98. The molecule has 0 rings (SSSR count). The van der Waals surface area contributed by atoms with E-state index in [1.807, 2.05) is 0 Å². The molecule has 6 heavy (non-hydrogen) atoms. The van der Waals surface area contributed by atoms with E-state index in [0.717, 1.165) is 0 Å². The van der Waals surface area contributed by atoms with E-state index in [9.17, 15) is 0 Å². The fourth-order valence-electron chi connectivity index (χ4n) is 0.0745. The Morgan fingerprint density at radius 3 is 2.50 bits per heavy atom. The van der Waals surface area contributed by atoms with Crippen LogP contribution in [0.2, 0.25) is 0 Å². The van der Waals surface area contributed by atoms with Crippen molar-refractivity contribution in [1.82, 2.24) is 0 Å². The molecule has 0 aromatic rings. The molecule has 1 N–H and O–H groups in total. The molecular formula is C3H7BrO2. The van der Waals surface area contributed by atoms with Crippen molar-refractivity contribution in [1.29, 1.82) is 0 Å². The summed E-state index contributed by atoms with van der Waals surface area (Å²) in [6, 6.07) is 0. The van der Waals surface area contributed by atoms with Crippen molar-refractivity contribution in [3.05, 3.63) is 0 Å². The minimum absolute atomic E-state index is 0.0243. The van der Waals surface area contributed by atoms with Gasteiger partial charge in [-0.15, -0.1) is 0 Å². The van der Waals surface area contributed by atoms with E-state index < -0.39 is 0 Å². The molecule has 0 aromatic carbocycles. The molecule has 0 heterocycles. The third kappa shape index (κ3) is 2.63. The highest BCUT2D eigenvalue weighted by atomic mass is 79.9.